The minimum Gasteiger partial charge on any atom is -0.490 e. The molecular formula is C34H31N3O7S. The molecule has 1 amide bonds. The van der Waals surface area contributed by atoms with Crippen LogP contribution in [0.5, 0.6) is 17.2 Å². The van der Waals surface area contributed by atoms with Gasteiger partial charge in [0.1, 0.15) is 17.2 Å². The first-order chi connectivity index (χ1) is 21.7. The predicted molar refractivity (Wildman–Crippen MR) is 168 cm³/mol. The van der Waals surface area contributed by atoms with Gasteiger partial charge in [0, 0.05) is 6.04 Å². The lowest BCUT2D eigenvalue weighted by Gasteiger charge is -2.29. The minimum atomic E-state index is -3.71. The Kier molecular flexibility index (Phi) is 9.77. The normalized spacial score (nSPS) is 16.2. The summed E-state index contributed by atoms with van der Waals surface area (Å²) >= 11 is 0. The number of rotatable bonds is 11. The highest BCUT2D eigenvalue weighted by Crippen LogP contribution is 2.29. The number of carbonyl (C=O) groups excluding carboxylic acids is 1. The van der Waals surface area contributed by atoms with Gasteiger partial charge in [0.25, 0.3) is 0 Å². The maximum Gasteiger partial charge on any atom is 0.337 e. The van der Waals surface area contributed by atoms with Crippen molar-refractivity contribution in [3.63, 3.8) is 0 Å². The number of hydrogen-bond acceptors (Lipinski definition) is 6. The quantitative estimate of drug-likeness (QED) is 0.160. The molecule has 0 aromatic heterocycles. The molecule has 4 aromatic carbocycles. The minimum absolute atomic E-state index is 0.0286. The number of benzene rings is 4. The van der Waals surface area contributed by atoms with E-state index in [0.29, 0.717) is 42.9 Å². The Balaban J connectivity index is 1.07. The lowest BCUT2D eigenvalue weighted by Crippen LogP contribution is -2.39. The molecule has 5 rings (SSSR count). The molecule has 0 aliphatic heterocycles. The van der Waals surface area contributed by atoms with Crippen molar-refractivity contribution in [1.29, 1.82) is 0 Å². The van der Waals surface area contributed by atoms with Gasteiger partial charge in [-0.1, -0.05) is 36.4 Å². The molecule has 0 heterocycles. The standard InChI is InChI=1S/C34H31N3O7S/c1-35-25-5-4-6-30(22-25)45(41,42)37-24-11-15-27(16-12-24)44-29-19-17-28(18-20-29)43-26-13-9-23(10-14-26)21-33(38)36-32-8-3-2-7-31(32)34(39)40/h2-10,13-14,17-20,22,24,27,37H,11-12,15-16,21H2,(H,36,38)(H,39,40). The van der Waals surface area contributed by atoms with Crippen molar-refractivity contribution in [2.75, 3.05) is 5.32 Å². The second-order valence-corrected chi connectivity index (χ2v) is 12.3. The Bertz CT molecular complexity index is 1810. The number of para-hydroxylation sites is 1. The fourth-order valence-electron chi connectivity index (χ4n) is 5.05. The molecule has 45 heavy (non-hydrogen) atoms. The third-order valence-corrected chi connectivity index (χ3v) is 8.85. The molecule has 4 aromatic rings. The summed E-state index contributed by atoms with van der Waals surface area (Å²) in [7, 11) is -3.71. The smallest absolute Gasteiger partial charge is 0.337 e. The van der Waals surface area contributed by atoms with Gasteiger partial charge in [-0.15, -0.1) is 0 Å². The molecule has 1 fully saturated rings. The summed E-state index contributed by atoms with van der Waals surface area (Å²) in [6, 6.07) is 26.4. The highest BCUT2D eigenvalue weighted by molar-refractivity contribution is 7.89. The number of amides is 1. The van der Waals surface area contributed by atoms with Crippen molar-refractivity contribution in [2.24, 2.45) is 0 Å². The third kappa shape index (κ3) is 8.47. The van der Waals surface area contributed by atoms with Gasteiger partial charge < -0.3 is 19.9 Å². The summed E-state index contributed by atoms with van der Waals surface area (Å²) in [5.74, 6) is 0.447. The van der Waals surface area contributed by atoms with E-state index in [1.807, 2.05) is 12.1 Å². The van der Waals surface area contributed by atoms with Crippen molar-refractivity contribution in [2.45, 2.75) is 49.1 Å². The number of aromatic carboxylic acids is 1. The van der Waals surface area contributed by atoms with E-state index in [1.165, 1.54) is 18.2 Å². The van der Waals surface area contributed by atoms with Gasteiger partial charge in [-0.05, 0) is 91.9 Å². The van der Waals surface area contributed by atoms with E-state index in [9.17, 15) is 23.1 Å². The monoisotopic (exact) mass is 625 g/mol. The zero-order valence-corrected chi connectivity index (χ0v) is 25.0. The van der Waals surface area contributed by atoms with E-state index in [0.717, 1.165) is 5.56 Å². The summed E-state index contributed by atoms with van der Waals surface area (Å²) in [4.78, 5) is 27.2. The van der Waals surface area contributed by atoms with Crippen molar-refractivity contribution in [1.82, 2.24) is 4.72 Å². The number of ether oxygens (including phenoxy) is 2. The number of nitrogens with one attached hydrogen (secondary N) is 2. The lowest BCUT2D eigenvalue weighted by molar-refractivity contribution is -0.115. The molecule has 1 saturated carbocycles. The zero-order chi connectivity index (χ0) is 31.8. The van der Waals surface area contributed by atoms with Gasteiger partial charge in [-0.2, -0.15) is 0 Å². The van der Waals surface area contributed by atoms with E-state index < -0.39 is 16.0 Å². The second-order valence-electron chi connectivity index (χ2n) is 10.6. The van der Waals surface area contributed by atoms with Crippen LogP contribution in [0.1, 0.15) is 41.6 Å². The summed E-state index contributed by atoms with van der Waals surface area (Å²) in [5, 5.41) is 11.9. The SMILES string of the molecule is [C-]#[N+]c1cccc(S(=O)(=O)NC2CCC(Oc3ccc(Oc4ccc(CC(=O)Nc5ccccc5C(=O)O)cc4)cc3)CC2)c1. The molecule has 0 saturated heterocycles. The average molecular weight is 626 g/mol. The van der Waals surface area contributed by atoms with E-state index in [2.05, 4.69) is 14.9 Å². The molecule has 0 spiro atoms. The Morgan fingerprint density at radius 2 is 1.49 bits per heavy atom. The molecule has 1 aliphatic rings. The highest BCUT2D eigenvalue weighted by Gasteiger charge is 2.27. The van der Waals surface area contributed by atoms with Crippen LogP contribution in [-0.4, -0.2) is 37.5 Å². The summed E-state index contributed by atoms with van der Waals surface area (Å²) in [5.41, 5.74) is 1.30. The van der Waals surface area contributed by atoms with Crippen LogP contribution >= 0.6 is 0 Å². The summed E-state index contributed by atoms with van der Waals surface area (Å²) in [6.07, 6.45) is 2.71. The van der Waals surface area contributed by atoms with E-state index in [1.54, 1.807) is 66.7 Å². The van der Waals surface area contributed by atoms with Gasteiger partial charge in [0.2, 0.25) is 15.9 Å². The van der Waals surface area contributed by atoms with Gasteiger partial charge in [0.15, 0.2) is 5.69 Å². The van der Waals surface area contributed by atoms with E-state index >= 15 is 0 Å². The van der Waals surface area contributed by atoms with Crippen molar-refractivity contribution in [3.8, 4) is 17.2 Å². The lowest BCUT2D eigenvalue weighted by atomic mass is 9.94. The molecule has 3 N–H and O–H groups in total. The maximum absolute atomic E-state index is 12.8. The zero-order valence-electron chi connectivity index (χ0n) is 24.2. The van der Waals surface area contributed by atoms with Crippen LogP contribution in [0.4, 0.5) is 11.4 Å². The number of anilines is 1. The van der Waals surface area contributed by atoms with E-state index in [-0.39, 0.29) is 46.3 Å². The fourth-order valence-corrected chi connectivity index (χ4v) is 6.40. The maximum atomic E-state index is 12.8. The number of sulfonamides is 1. The molecule has 0 atom stereocenters. The molecule has 0 unspecified atom stereocenters. The first-order valence-electron chi connectivity index (χ1n) is 14.3. The third-order valence-electron chi connectivity index (χ3n) is 7.33. The predicted octanol–water partition coefficient (Wildman–Crippen LogP) is 6.58. The fraction of sp³-hybridized carbons (Fsp3) is 0.206. The van der Waals surface area contributed by atoms with Gasteiger partial charge in [-0.25, -0.2) is 22.8 Å². The Hall–Kier alpha value is -5.18. The summed E-state index contributed by atoms with van der Waals surface area (Å²) in [6.45, 7) is 7.11. The molecular weight excluding hydrogens is 594 g/mol. The van der Waals surface area contributed by atoms with Crippen molar-refractivity contribution < 1.29 is 32.6 Å². The van der Waals surface area contributed by atoms with Gasteiger partial charge in [-0.3, -0.25) is 4.79 Å². The van der Waals surface area contributed by atoms with Crippen LogP contribution < -0.4 is 19.5 Å². The summed E-state index contributed by atoms with van der Waals surface area (Å²) < 4.78 is 40.4. The number of carbonyl (C=O) groups is 2. The highest BCUT2D eigenvalue weighted by atomic mass is 32.2. The number of carboxylic acids is 1. The first-order valence-corrected chi connectivity index (χ1v) is 15.8. The largest absolute Gasteiger partial charge is 0.490 e. The van der Waals surface area contributed by atoms with Crippen LogP contribution in [0, 0.1) is 6.57 Å². The molecule has 230 valence electrons. The molecule has 0 radical (unpaired) electrons. The van der Waals surface area contributed by atoms with Crippen molar-refractivity contribution in [3.05, 3.63) is 120 Å². The van der Waals surface area contributed by atoms with Gasteiger partial charge >= 0.3 is 5.97 Å². The Morgan fingerprint density at radius 1 is 0.844 bits per heavy atom. The number of carboxylic acid groups (broad SMARTS) is 1. The first kappa shape index (κ1) is 31.3. The Morgan fingerprint density at radius 3 is 2.16 bits per heavy atom. The molecule has 10 nitrogen and oxygen atoms in total. The van der Waals surface area contributed by atoms with Crippen LogP contribution in [0.2, 0.25) is 0 Å². The van der Waals surface area contributed by atoms with Crippen LogP contribution in [0.15, 0.2) is 102 Å². The van der Waals surface area contributed by atoms with Crippen LogP contribution in [-0.2, 0) is 21.2 Å². The Labute approximate surface area is 261 Å². The molecule has 1 aliphatic carbocycles. The molecule has 0 bridgehead atoms. The van der Waals surface area contributed by atoms with E-state index in [4.69, 9.17) is 16.0 Å². The second kappa shape index (κ2) is 14.1. The van der Waals surface area contributed by atoms with Crippen LogP contribution in [0.25, 0.3) is 4.85 Å². The average Bonchev–Trinajstić information content (AvgIpc) is 3.04. The van der Waals surface area contributed by atoms with Gasteiger partial charge in [0.05, 0.1) is 35.2 Å². The van der Waals surface area contributed by atoms with Crippen LogP contribution in [0.3, 0.4) is 0 Å². The number of nitrogens with zero attached hydrogens (tertiary/aromatic N) is 1. The van der Waals surface area contributed by atoms with Crippen molar-refractivity contribution >= 4 is 33.3 Å². The number of hydrogen-bond donors (Lipinski definition) is 3. The molecule has 11 heteroatoms. The topological polar surface area (TPSA) is 135 Å².